The van der Waals surface area contributed by atoms with Crippen LogP contribution in [-0.4, -0.2) is 23.2 Å². The highest BCUT2D eigenvalue weighted by molar-refractivity contribution is 7.13. The van der Waals surface area contributed by atoms with Crippen LogP contribution in [0.1, 0.15) is 5.56 Å². The van der Waals surface area contributed by atoms with Gasteiger partial charge in [0.2, 0.25) is 5.91 Å². The highest BCUT2D eigenvalue weighted by Crippen LogP contribution is 2.29. The van der Waals surface area contributed by atoms with Gasteiger partial charge in [-0.05, 0) is 11.4 Å². The van der Waals surface area contributed by atoms with E-state index >= 15 is 0 Å². The van der Waals surface area contributed by atoms with Crippen molar-refractivity contribution >= 4 is 23.1 Å². The van der Waals surface area contributed by atoms with E-state index in [0.29, 0.717) is 5.82 Å². The first-order valence-electron chi connectivity index (χ1n) is 4.79. The summed E-state index contributed by atoms with van der Waals surface area (Å²) in [4.78, 5) is 12.4. The Labute approximate surface area is 96.7 Å². The Morgan fingerprint density at radius 2 is 2.50 bits per heavy atom. The molecule has 16 heavy (non-hydrogen) atoms. The fraction of sp³-hybridized carbons (Fsp3) is 0.200. The van der Waals surface area contributed by atoms with Crippen LogP contribution in [0.4, 0.5) is 5.82 Å². The minimum atomic E-state index is -0.0779. The van der Waals surface area contributed by atoms with Crippen LogP contribution in [0.2, 0.25) is 0 Å². The summed E-state index contributed by atoms with van der Waals surface area (Å²) in [6.45, 7) is 0. The van der Waals surface area contributed by atoms with Crippen molar-refractivity contribution in [2.24, 2.45) is 0 Å². The zero-order valence-corrected chi connectivity index (χ0v) is 9.60. The van der Waals surface area contributed by atoms with Crippen molar-refractivity contribution in [2.75, 3.05) is 12.8 Å². The predicted molar refractivity (Wildman–Crippen MR) is 64.1 cm³/mol. The van der Waals surface area contributed by atoms with Crippen LogP contribution >= 0.6 is 11.3 Å². The second-order valence-electron chi connectivity index (χ2n) is 3.29. The molecule has 0 atom stereocenters. The summed E-state index contributed by atoms with van der Waals surface area (Å²) in [6.07, 6.45) is 0.242. The number of carbonyl (C=O) groups excluding carboxylic acids is 1. The molecule has 0 spiro atoms. The molecule has 4 N–H and O–H groups in total. The van der Waals surface area contributed by atoms with Gasteiger partial charge >= 0.3 is 0 Å². The molecule has 0 aromatic carbocycles. The first kappa shape index (κ1) is 10.7. The highest BCUT2D eigenvalue weighted by Gasteiger charge is 2.15. The number of hydrogen-bond donors (Lipinski definition) is 3. The van der Waals surface area contributed by atoms with E-state index in [1.165, 1.54) is 0 Å². The third-order valence-electron chi connectivity index (χ3n) is 2.28. The number of rotatable bonds is 3. The van der Waals surface area contributed by atoms with Gasteiger partial charge in [-0.3, -0.25) is 9.89 Å². The number of anilines is 1. The molecule has 0 radical (unpaired) electrons. The molecule has 6 heteroatoms. The molecule has 2 aromatic rings. The van der Waals surface area contributed by atoms with Gasteiger partial charge in [0.1, 0.15) is 5.82 Å². The van der Waals surface area contributed by atoms with E-state index in [1.54, 1.807) is 18.4 Å². The number of aromatic nitrogens is 2. The molecular formula is C10H12N4OS. The smallest absolute Gasteiger partial charge is 0.224 e. The van der Waals surface area contributed by atoms with Crippen molar-refractivity contribution in [3.63, 3.8) is 0 Å². The lowest BCUT2D eigenvalue weighted by atomic mass is 10.1. The summed E-state index contributed by atoms with van der Waals surface area (Å²) in [5.41, 5.74) is 7.31. The third kappa shape index (κ3) is 1.92. The summed E-state index contributed by atoms with van der Waals surface area (Å²) in [7, 11) is 1.60. The molecule has 0 bridgehead atoms. The summed E-state index contributed by atoms with van der Waals surface area (Å²) in [5, 5.41) is 11.3. The molecule has 0 saturated heterocycles. The number of aromatic amines is 1. The van der Waals surface area contributed by atoms with Gasteiger partial charge in [0, 0.05) is 12.6 Å². The molecule has 0 aliphatic carbocycles. The average molecular weight is 236 g/mol. The zero-order chi connectivity index (χ0) is 11.5. The molecule has 0 aliphatic heterocycles. The average Bonchev–Trinajstić information content (AvgIpc) is 2.89. The van der Waals surface area contributed by atoms with Gasteiger partial charge in [-0.1, -0.05) is 6.07 Å². The summed E-state index contributed by atoms with van der Waals surface area (Å²) < 4.78 is 0. The molecule has 0 saturated carbocycles. The van der Waals surface area contributed by atoms with Crippen LogP contribution in [0, 0.1) is 0 Å². The Bertz CT molecular complexity index is 489. The Morgan fingerprint density at radius 1 is 1.69 bits per heavy atom. The van der Waals surface area contributed by atoms with E-state index < -0.39 is 0 Å². The van der Waals surface area contributed by atoms with Gasteiger partial charge in [0.25, 0.3) is 0 Å². The fourth-order valence-corrected chi connectivity index (χ4v) is 2.18. The Balaban J connectivity index is 2.36. The number of hydrogen-bond acceptors (Lipinski definition) is 4. The number of thiophene rings is 1. The van der Waals surface area contributed by atoms with Crippen LogP contribution in [0.25, 0.3) is 10.6 Å². The van der Waals surface area contributed by atoms with E-state index in [0.717, 1.165) is 16.1 Å². The number of nitrogens with one attached hydrogen (secondary N) is 2. The van der Waals surface area contributed by atoms with Crippen molar-refractivity contribution in [1.29, 1.82) is 0 Å². The lowest BCUT2D eigenvalue weighted by Crippen LogP contribution is -2.20. The molecule has 2 aromatic heterocycles. The Hall–Kier alpha value is -1.82. The molecule has 2 rings (SSSR count). The standard InChI is InChI=1S/C10H12N4OS/c1-12-8(15)5-6-9(13-14-10(6)11)7-3-2-4-16-7/h2-4H,5H2,1H3,(H,12,15)(H3,11,13,14). The highest BCUT2D eigenvalue weighted by atomic mass is 32.1. The van der Waals surface area contributed by atoms with E-state index in [1.807, 2.05) is 17.5 Å². The maximum absolute atomic E-state index is 11.3. The number of likely N-dealkylation sites (N-methyl/N-ethyl adjacent to an activating group) is 1. The minimum absolute atomic E-state index is 0.0779. The number of nitrogens with zero attached hydrogens (tertiary/aromatic N) is 1. The molecule has 5 nitrogen and oxygen atoms in total. The molecule has 0 aliphatic rings. The Morgan fingerprint density at radius 3 is 3.12 bits per heavy atom. The topological polar surface area (TPSA) is 83.8 Å². The lowest BCUT2D eigenvalue weighted by molar-refractivity contribution is -0.119. The third-order valence-corrected chi connectivity index (χ3v) is 3.17. The quantitative estimate of drug-likeness (QED) is 0.743. The summed E-state index contributed by atoms with van der Waals surface area (Å²) in [5.74, 6) is 0.304. The fourth-order valence-electron chi connectivity index (χ4n) is 1.43. The van der Waals surface area contributed by atoms with Crippen molar-refractivity contribution in [1.82, 2.24) is 15.5 Å². The van der Waals surface area contributed by atoms with Crippen molar-refractivity contribution < 1.29 is 4.79 Å². The molecule has 1 amide bonds. The number of nitrogens with two attached hydrogens (primary N) is 1. The minimum Gasteiger partial charge on any atom is -0.382 e. The Kier molecular flexibility index (Phi) is 2.91. The molecule has 2 heterocycles. The largest absolute Gasteiger partial charge is 0.382 e. The SMILES string of the molecule is CNC(=O)Cc1c(N)n[nH]c1-c1cccs1. The zero-order valence-electron chi connectivity index (χ0n) is 8.78. The van der Waals surface area contributed by atoms with Crippen molar-refractivity contribution in [2.45, 2.75) is 6.42 Å². The van der Waals surface area contributed by atoms with Crippen LogP contribution in [-0.2, 0) is 11.2 Å². The van der Waals surface area contributed by atoms with Crippen LogP contribution in [0.3, 0.4) is 0 Å². The van der Waals surface area contributed by atoms with Gasteiger partial charge in [0.05, 0.1) is 17.0 Å². The molecule has 0 unspecified atom stereocenters. The van der Waals surface area contributed by atoms with Gasteiger partial charge in [0.15, 0.2) is 0 Å². The van der Waals surface area contributed by atoms with Gasteiger partial charge in [-0.2, -0.15) is 5.10 Å². The van der Waals surface area contributed by atoms with E-state index in [4.69, 9.17) is 5.73 Å². The van der Waals surface area contributed by atoms with E-state index in [2.05, 4.69) is 15.5 Å². The number of amides is 1. The van der Waals surface area contributed by atoms with Gasteiger partial charge < -0.3 is 11.1 Å². The first-order chi connectivity index (χ1) is 7.72. The van der Waals surface area contributed by atoms with E-state index in [9.17, 15) is 4.79 Å². The predicted octanol–water partition coefficient (Wildman–Crippen LogP) is 1.01. The van der Waals surface area contributed by atoms with E-state index in [-0.39, 0.29) is 12.3 Å². The number of H-pyrrole nitrogens is 1. The van der Waals surface area contributed by atoms with Gasteiger partial charge in [-0.25, -0.2) is 0 Å². The number of carbonyl (C=O) groups is 1. The molecule has 84 valence electrons. The molecule has 0 fully saturated rings. The van der Waals surface area contributed by atoms with Crippen LogP contribution in [0.15, 0.2) is 17.5 Å². The second-order valence-corrected chi connectivity index (χ2v) is 4.24. The monoisotopic (exact) mass is 236 g/mol. The van der Waals surface area contributed by atoms with Gasteiger partial charge in [-0.15, -0.1) is 11.3 Å². The van der Waals surface area contributed by atoms with Crippen molar-refractivity contribution in [3.05, 3.63) is 23.1 Å². The summed E-state index contributed by atoms with van der Waals surface area (Å²) >= 11 is 1.58. The second kappa shape index (κ2) is 4.36. The molecular weight excluding hydrogens is 224 g/mol. The van der Waals surface area contributed by atoms with Crippen LogP contribution < -0.4 is 11.1 Å². The lowest BCUT2D eigenvalue weighted by Gasteiger charge is -2.01. The normalized spacial score (nSPS) is 10.3. The van der Waals surface area contributed by atoms with Crippen molar-refractivity contribution in [3.8, 4) is 10.6 Å². The maximum atomic E-state index is 11.3. The number of nitrogen functional groups attached to an aromatic ring is 1. The first-order valence-corrected chi connectivity index (χ1v) is 5.67. The maximum Gasteiger partial charge on any atom is 0.224 e. The van der Waals surface area contributed by atoms with Crippen LogP contribution in [0.5, 0.6) is 0 Å². The summed E-state index contributed by atoms with van der Waals surface area (Å²) in [6, 6.07) is 3.91.